The number of aromatic nitrogens is 1. The first kappa shape index (κ1) is 15.7. The number of pyridine rings is 1. The van der Waals surface area contributed by atoms with Gasteiger partial charge in [0.2, 0.25) is 0 Å². The van der Waals surface area contributed by atoms with Crippen LogP contribution in [-0.4, -0.2) is 28.9 Å². The first-order chi connectivity index (χ1) is 7.56. The van der Waals surface area contributed by atoms with Crippen LogP contribution in [0, 0.1) is 5.92 Å². The van der Waals surface area contributed by atoms with Gasteiger partial charge < -0.3 is 10.6 Å². The van der Waals surface area contributed by atoms with E-state index < -0.39 is 0 Å². The van der Waals surface area contributed by atoms with Crippen molar-refractivity contribution < 1.29 is 4.79 Å². The number of nitrogens with zero attached hydrogens (tertiary/aromatic N) is 2. The van der Waals surface area contributed by atoms with Crippen LogP contribution >= 0.6 is 12.4 Å². The zero-order chi connectivity index (χ0) is 12.1. The van der Waals surface area contributed by atoms with Gasteiger partial charge in [0.25, 0.3) is 5.91 Å². The Hall–Kier alpha value is -1.29. The first-order valence-electron chi connectivity index (χ1n) is 5.55. The number of carbonyl (C=O) groups is 1. The number of halogens is 1. The molecule has 17 heavy (non-hydrogen) atoms. The molecule has 5 heteroatoms. The monoisotopic (exact) mass is 257 g/mol. The molecule has 0 saturated carbocycles. The first-order valence-corrected chi connectivity index (χ1v) is 5.55. The van der Waals surface area contributed by atoms with Gasteiger partial charge in [0.05, 0.1) is 5.56 Å². The minimum atomic E-state index is -0.0400. The average molecular weight is 258 g/mol. The summed E-state index contributed by atoms with van der Waals surface area (Å²) < 4.78 is 0. The van der Waals surface area contributed by atoms with E-state index in [0.717, 1.165) is 6.54 Å². The van der Waals surface area contributed by atoms with Gasteiger partial charge in [-0.2, -0.15) is 0 Å². The van der Waals surface area contributed by atoms with E-state index in [2.05, 4.69) is 18.8 Å². The fraction of sp³-hybridized carbons (Fsp3) is 0.500. The number of nitrogen functional groups attached to an aromatic ring is 1. The molecule has 96 valence electrons. The maximum absolute atomic E-state index is 12.1. The fourth-order valence-electron chi connectivity index (χ4n) is 1.55. The minimum Gasteiger partial charge on any atom is -0.398 e. The summed E-state index contributed by atoms with van der Waals surface area (Å²) >= 11 is 0. The molecule has 0 bridgehead atoms. The summed E-state index contributed by atoms with van der Waals surface area (Å²) in [5.41, 5.74) is 6.74. The SMILES string of the molecule is CCN(CC(C)C)C(=O)c1cnccc1N.Cl. The van der Waals surface area contributed by atoms with Crippen molar-refractivity contribution in [3.8, 4) is 0 Å². The maximum atomic E-state index is 12.1. The average Bonchev–Trinajstić information content (AvgIpc) is 2.25. The van der Waals surface area contributed by atoms with Gasteiger partial charge in [-0.3, -0.25) is 9.78 Å². The van der Waals surface area contributed by atoms with Crippen LogP contribution in [0.5, 0.6) is 0 Å². The molecule has 0 atom stereocenters. The van der Waals surface area contributed by atoms with Crippen molar-refractivity contribution in [2.75, 3.05) is 18.8 Å². The molecule has 0 aliphatic rings. The molecule has 0 aliphatic heterocycles. The van der Waals surface area contributed by atoms with E-state index in [1.165, 1.54) is 6.20 Å². The maximum Gasteiger partial charge on any atom is 0.257 e. The lowest BCUT2D eigenvalue weighted by Gasteiger charge is -2.23. The highest BCUT2D eigenvalue weighted by Crippen LogP contribution is 2.13. The normalized spacial score (nSPS) is 9.88. The number of nitrogens with two attached hydrogens (primary N) is 1. The summed E-state index contributed by atoms with van der Waals surface area (Å²) in [6.45, 7) is 7.56. The summed E-state index contributed by atoms with van der Waals surface area (Å²) in [6.07, 6.45) is 3.12. The quantitative estimate of drug-likeness (QED) is 0.900. The third kappa shape index (κ3) is 4.23. The molecule has 1 heterocycles. The highest BCUT2D eigenvalue weighted by Gasteiger charge is 2.17. The third-order valence-corrected chi connectivity index (χ3v) is 2.34. The number of hydrogen-bond acceptors (Lipinski definition) is 3. The van der Waals surface area contributed by atoms with Crippen molar-refractivity contribution in [1.82, 2.24) is 9.88 Å². The Bertz CT molecular complexity index is 369. The molecular formula is C12H20ClN3O. The molecule has 1 aromatic rings. The summed E-state index contributed by atoms with van der Waals surface area (Å²) in [5, 5.41) is 0. The Morgan fingerprint density at radius 3 is 2.65 bits per heavy atom. The van der Waals surface area contributed by atoms with Crippen LogP contribution in [0.1, 0.15) is 31.1 Å². The number of rotatable bonds is 4. The van der Waals surface area contributed by atoms with Gasteiger partial charge in [0.1, 0.15) is 0 Å². The van der Waals surface area contributed by atoms with E-state index >= 15 is 0 Å². The third-order valence-electron chi connectivity index (χ3n) is 2.34. The predicted octanol–water partition coefficient (Wildman–Crippen LogP) is 2.20. The highest BCUT2D eigenvalue weighted by molar-refractivity contribution is 5.98. The summed E-state index contributed by atoms with van der Waals surface area (Å²) in [5.74, 6) is 0.406. The van der Waals surface area contributed by atoms with Crippen LogP contribution in [0.3, 0.4) is 0 Å². The number of amides is 1. The molecule has 1 amide bonds. The van der Waals surface area contributed by atoms with Crippen LogP contribution < -0.4 is 5.73 Å². The molecule has 0 aromatic carbocycles. The van der Waals surface area contributed by atoms with E-state index in [1.807, 2.05) is 6.92 Å². The Kier molecular flexibility index (Phi) is 6.58. The van der Waals surface area contributed by atoms with Crippen molar-refractivity contribution in [3.63, 3.8) is 0 Å². The lowest BCUT2D eigenvalue weighted by atomic mass is 10.1. The second kappa shape index (κ2) is 7.12. The highest BCUT2D eigenvalue weighted by atomic mass is 35.5. The lowest BCUT2D eigenvalue weighted by Crippen LogP contribution is -2.34. The Labute approximate surface area is 109 Å². The molecule has 0 saturated heterocycles. The van der Waals surface area contributed by atoms with Gasteiger partial charge in [-0.05, 0) is 18.9 Å². The van der Waals surface area contributed by atoms with Crippen molar-refractivity contribution in [1.29, 1.82) is 0 Å². The lowest BCUT2D eigenvalue weighted by molar-refractivity contribution is 0.0746. The zero-order valence-corrected chi connectivity index (χ0v) is 11.3. The molecule has 0 aliphatic carbocycles. The molecule has 1 rings (SSSR count). The molecule has 1 aromatic heterocycles. The number of anilines is 1. The Morgan fingerprint density at radius 2 is 2.18 bits per heavy atom. The van der Waals surface area contributed by atoms with E-state index in [9.17, 15) is 4.79 Å². The van der Waals surface area contributed by atoms with E-state index in [4.69, 9.17) is 5.73 Å². The number of carbonyl (C=O) groups excluding carboxylic acids is 1. The molecule has 0 spiro atoms. The minimum absolute atomic E-state index is 0. The van der Waals surface area contributed by atoms with Gasteiger partial charge in [-0.15, -0.1) is 12.4 Å². The molecule has 0 unspecified atom stereocenters. The molecular weight excluding hydrogens is 238 g/mol. The standard InChI is InChI=1S/C12H19N3O.ClH/c1-4-15(8-9(2)3)12(16)10-7-14-6-5-11(10)13;/h5-7,9H,4,8H2,1-3H3,(H2,13,14);1H. The summed E-state index contributed by atoms with van der Waals surface area (Å²) in [6, 6.07) is 1.65. The topological polar surface area (TPSA) is 59.2 Å². The van der Waals surface area contributed by atoms with Crippen LogP contribution in [-0.2, 0) is 0 Å². The van der Waals surface area contributed by atoms with Gasteiger partial charge in [-0.25, -0.2) is 0 Å². The fourth-order valence-corrected chi connectivity index (χ4v) is 1.55. The van der Waals surface area contributed by atoms with Crippen LogP contribution in [0.4, 0.5) is 5.69 Å². The largest absolute Gasteiger partial charge is 0.398 e. The van der Waals surface area contributed by atoms with Crippen LogP contribution in [0.25, 0.3) is 0 Å². The number of hydrogen-bond donors (Lipinski definition) is 1. The van der Waals surface area contributed by atoms with Crippen molar-refractivity contribution >= 4 is 24.0 Å². The van der Waals surface area contributed by atoms with Crippen molar-refractivity contribution in [2.24, 2.45) is 5.92 Å². The van der Waals surface area contributed by atoms with Crippen LogP contribution in [0.15, 0.2) is 18.5 Å². The molecule has 2 N–H and O–H groups in total. The smallest absolute Gasteiger partial charge is 0.257 e. The molecule has 0 fully saturated rings. The van der Waals surface area contributed by atoms with Crippen molar-refractivity contribution in [3.05, 3.63) is 24.0 Å². The van der Waals surface area contributed by atoms with E-state index in [1.54, 1.807) is 17.2 Å². The Morgan fingerprint density at radius 1 is 1.53 bits per heavy atom. The Balaban J connectivity index is 0.00000256. The summed E-state index contributed by atoms with van der Waals surface area (Å²) in [4.78, 5) is 17.9. The second-order valence-electron chi connectivity index (χ2n) is 4.20. The van der Waals surface area contributed by atoms with E-state index in [-0.39, 0.29) is 18.3 Å². The van der Waals surface area contributed by atoms with Crippen molar-refractivity contribution in [2.45, 2.75) is 20.8 Å². The van der Waals surface area contributed by atoms with Crippen LogP contribution in [0.2, 0.25) is 0 Å². The van der Waals surface area contributed by atoms with Gasteiger partial charge in [-0.1, -0.05) is 13.8 Å². The molecule has 0 radical (unpaired) electrons. The van der Waals surface area contributed by atoms with Gasteiger partial charge in [0, 0.05) is 31.2 Å². The zero-order valence-electron chi connectivity index (χ0n) is 10.5. The molecule has 4 nitrogen and oxygen atoms in total. The van der Waals surface area contributed by atoms with E-state index in [0.29, 0.717) is 23.7 Å². The predicted molar refractivity (Wildman–Crippen MR) is 72.3 cm³/mol. The van der Waals surface area contributed by atoms with Gasteiger partial charge >= 0.3 is 0 Å². The second-order valence-corrected chi connectivity index (χ2v) is 4.20. The summed E-state index contributed by atoms with van der Waals surface area (Å²) in [7, 11) is 0. The van der Waals surface area contributed by atoms with Gasteiger partial charge in [0.15, 0.2) is 0 Å².